The Morgan fingerprint density at radius 2 is 2.00 bits per heavy atom. The minimum absolute atomic E-state index is 0.153. The molecule has 182 valence electrons. The van der Waals surface area contributed by atoms with E-state index in [2.05, 4.69) is 34.3 Å². The van der Waals surface area contributed by atoms with Crippen molar-refractivity contribution in [2.75, 3.05) is 25.4 Å². The van der Waals surface area contributed by atoms with E-state index < -0.39 is 17.9 Å². The van der Waals surface area contributed by atoms with Gasteiger partial charge in [0, 0.05) is 44.0 Å². The molecule has 4 rings (SSSR count). The fraction of sp³-hybridized carbons (Fsp3) is 0.423. The van der Waals surface area contributed by atoms with Crippen LogP contribution in [0.3, 0.4) is 0 Å². The van der Waals surface area contributed by atoms with Gasteiger partial charge in [0.1, 0.15) is 6.10 Å². The molecule has 0 saturated carbocycles. The molecule has 8 heteroatoms. The summed E-state index contributed by atoms with van der Waals surface area (Å²) in [5.41, 5.74) is 8.57. The van der Waals surface area contributed by atoms with Crippen molar-refractivity contribution in [3.05, 3.63) is 65.4 Å². The third-order valence-electron chi connectivity index (χ3n) is 6.34. The second kappa shape index (κ2) is 10.2. The van der Waals surface area contributed by atoms with Crippen LogP contribution in [0.5, 0.6) is 5.75 Å². The van der Waals surface area contributed by atoms with E-state index in [1.54, 1.807) is 25.3 Å². The predicted molar refractivity (Wildman–Crippen MR) is 128 cm³/mol. The Labute approximate surface area is 198 Å². The number of nitrogens with zero attached hydrogens (tertiary/aromatic N) is 2. The summed E-state index contributed by atoms with van der Waals surface area (Å²) >= 11 is 0. The van der Waals surface area contributed by atoms with Gasteiger partial charge in [0.05, 0.1) is 5.57 Å². The molecule has 34 heavy (non-hydrogen) atoms. The molecule has 3 N–H and O–H groups in total. The summed E-state index contributed by atoms with van der Waals surface area (Å²) in [6, 6.07) is 10.5. The van der Waals surface area contributed by atoms with Crippen LogP contribution in [-0.4, -0.2) is 47.8 Å². The largest absolute Gasteiger partial charge is 0.482 e. The predicted octanol–water partition coefficient (Wildman–Crippen LogP) is 5.10. The van der Waals surface area contributed by atoms with Gasteiger partial charge in [-0.3, -0.25) is 4.90 Å². The van der Waals surface area contributed by atoms with Crippen LogP contribution in [-0.2, 0) is 6.54 Å². The van der Waals surface area contributed by atoms with Crippen molar-refractivity contribution in [3.8, 4) is 16.9 Å². The van der Waals surface area contributed by atoms with Gasteiger partial charge in [0.15, 0.2) is 11.6 Å². The molecular weight excluding hydrogens is 441 g/mol. The van der Waals surface area contributed by atoms with Crippen LogP contribution in [0.4, 0.5) is 19.0 Å². The Hall–Kier alpha value is -2.84. The quantitative estimate of drug-likeness (QED) is 0.613. The fourth-order valence-electron chi connectivity index (χ4n) is 4.57. The maximum atomic E-state index is 13.4. The van der Waals surface area contributed by atoms with Crippen LogP contribution in [0.1, 0.15) is 32.3 Å². The first-order valence-electron chi connectivity index (χ1n) is 11.6. The van der Waals surface area contributed by atoms with E-state index in [0.717, 1.165) is 43.4 Å². The van der Waals surface area contributed by atoms with Gasteiger partial charge in [-0.25, -0.2) is 4.98 Å². The van der Waals surface area contributed by atoms with Gasteiger partial charge in [-0.1, -0.05) is 36.4 Å². The van der Waals surface area contributed by atoms with Gasteiger partial charge < -0.3 is 15.8 Å². The first-order valence-corrected chi connectivity index (χ1v) is 11.6. The SMILES string of the molecule is CC1CN(Cc2ccc(-c3cnc(N)c(OC(C)C4=C(C(F)(F)F)C=CCC4)c3)cc2)CCN1. The maximum absolute atomic E-state index is 13.4. The number of ether oxygens (including phenoxy) is 1. The van der Waals surface area contributed by atoms with Crippen LogP contribution in [0.25, 0.3) is 11.1 Å². The van der Waals surface area contributed by atoms with Gasteiger partial charge in [-0.15, -0.1) is 0 Å². The lowest BCUT2D eigenvalue weighted by atomic mass is 9.93. The second-order valence-electron chi connectivity index (χ2n) is 9.03. The number of hydrogen-bond donors (Lipinski definition) is 2. The Kier molecular flexibility index (Phi) is 7.28. The van der Waals surface area contributed by atoms with Crippen molar-refractivity contribution in [1.82, 2.24) is 15.2 Å². The molecule has 5 nitrogen and oxygen atoms in total. The van der Waals surface area contributed by atoms with Crippen LogP contribution in [0, 0.1) is 0 Å². The van der Waals surface area contributed by atoms with E-state index >= 15 is 0 Å². The fourth-order valence-corrected chi connectivity index (χ4v) is 4.57. The second-order valence-corrected chi connectivity index (χ2v) is 9.03. The minimum Gasteiger partial charge on any atom is -0.482 e. The molecule has 2 heterocycles. The maximum Gasteiger partial charge on any atom is 0.416 e. The first-order chi connectivity index (χ1) is 16.2. The number of nitrogen functional groups attached to an aromatic ring is 1. The van der Waals surface area contributed by atoms with Gasteiger partial charge in [-0.2, -0.15) is 13.2 Å². The number of aromatic nitrogens is 1. The third kappa shape index (κ3) is 5.80. The summed E-state index contributed by atoms with van der Waals surface area (Å²) in [7, 11) is 0. The monoisotopic (exact) mass is 472 g/mol. The molecule has 1 aliphatic heterocycles. The molecule has 2 aliphatic rings. The topological polar surface area (TPSA) is 63.4 Å². The molecular formula is C26H31F3N4O. The van der Waals surface area contributed by atoms with Crippen LogP contribution < -0.4 is 15.8 Å². The highest BCUT2D eigenvalue weighted by atomic mass is 19.4. The summed E-state index contributed by atoms with van der Waals surface area (Å²) < 4.78 is 46.3. The van der Waals surface area contributed by atoms with Gasteiger partial charge in [0.25, 0.3) is 0 Å². The van der Waals surface area contributed by atoms with E-state index in [1.807, 2.05) is 12.1 Å². The highest BCUT2D eigenvalue weighted by molar-refractivity contribution is 5.67. The first kappa shape index (κ1) is 24.3. The lowest BCUT2D eigenvalue weighted by molar-refractivity contribution is -0.0901. The zero-order chi connectivity index (χ0) is 24.3. The van der Waals surface area contributed by atoms with E-state index in [0.29, 0.717) is 18.9 Å². The molecule has 1 aliphatic carbocycles. The number of alkyl halides is 3. The zero-order valence-corrected chi connectivity index (χ0v) is 19.5. The van der Waals surface area contributed by atoms with Gasteiger partial charge in [-0.05, 0) is 49.5 Å². The summed E-state index contributed by atoms with van der Waals surface area (Å²) in [5.74, 6) is 0.438. The van der Waals surface area contributed by atoms with Crippen molar-refractivity contribution < 1.29 is 17.9 Å². The molecule has 2 unspecified atom stereocenters. The number of piperazine rings is 1. The van der Waals surface area contributed by atoms with Gasteiger partial charge >= 0.3 is 6.18 Å². The number of allylic oxidation sites excluding steroid dienone is 3. The number of nitrogens with two attached hydrogens (primary N) is 1. The number of anilines is 1. The number of rotatable bonds is 6. The minimum atomic E-state index is -4.42. The summed E-state index contributed by atoms with van der Waals surface area (Å²) in [5, 5.41) is 3.45. The molecule has 2 aromatic rings. The number of benzene rings is 1. The zero-order valence-electron chi connectivity index (χ0n) is 19.5. The molecule has 1 fully saturated rings. The van der Waals surface area contributed by atoms with Crippen molar-refractivity contribution in [2.45, 2.75) is 51.6 Å². The number of hydrogen-bond acceptors (Lipinski definition) is 5. The van der Waals surface area contributed by atoms with Crippen molar-refractivity contribution >= 4 is 5.82 Å². The summed E-state index contributed by atoms with van der Waals surface area (Å²) in [4.78, 5) is 6.66. The highest BCUT2D eigenvalue weighted by Gasteiger charge is 2.37. The van der Waals surface area contributed by atoms with Gasteiger partial charge in [0.2, 0.25) is 0 Å². The summed E-state index contributed by atoms with van der Waals surface area (Å²) in [6.45, 7) is 7.74. The van der Waals surface area contributed by atoms with E-state index in [1.165, 1.54) is 5.56 Å². The number of pyridine rings is 1. The molecule has 1 aromatic carbocycles. The summed E-state index contributed by atoms with van der Waals surface area (Å²) in [6.07, 6.45) is -0.00218. The Morgan fingerprint density at radius 3 is 2.71 bits per heavy atom. The Balaban J connectivity index is 1.50. The van der Waals surface area contributed by atoms with E-state index in [-0.39, 0.29) is 17.1 Å². The van der Waals surface area contributed by atoms with Crippen LogP contribution in [0.2, 0.25) is 0 Å². The van der Waals surface area contributed by atoms with Crippen LogP contribution in [0.15, 0.2) is 59.8 Å². The normalized spacial score (nSPS) is 20.4. The lowest BCUT2D eigenvalue weighted by Crippen LogP contribution is -2.48. The average Bonchev–Trinajstić information content (AvgIpc) is 2.80. The van der Waals surface area contributed by atoms with Crippen molar-refractivity contribution in [1.29, 1.82) is 0 Å². The standard InChI is InChI=1S/C26H31F3N4O/c1-17-15-33(12-11-31-17)16-19-7-9-20(10-8-19)21-13-24(25(30)32-14-21)34-18(2)22-5-3-4-6-23(22)26(27,28)29/h4,6-10,13-14,17-18,31H,3,5,11-12,15-16H2,1-2H3,(H2,30,32). The number of halogens is 3. The molecule has 0 radical (unpaired) electrons. The van der Waals surface area contributed by atoms with E-state index in [4.69, 9.17) is 10.5 Å². The van der Waals surface area contributed by atoms with Crippen molar-refractivity contribution in [3.63, 3.8) is 0 Å². The smallest absolute Gasteiger partial charge is 0.416 e. The van der Waals surface area contributed by atoms with Crippen molar-refractivity contribution in [2.24, 2.45) is 0 Å². The highest BCUT2D eigenvalue weighted by Crippen LogP contribution is 2.37. The molecule has 1 aromatic heterocycles. The molecule has 2 atom stereocenters. The average molecular weight is 473 g/mol. The number of nitrogens with one attached hydrogen (secondary N) is 1. The Morgan fingerprint density at radius 1 is 1.24 bits per heavy atom. The molecule has 0 bridgehead atoms. The van der Waals surface area contributed by atoms with Crippen LogP contribution >= 0.6 is 0 Å². The van der Waals surface area contributed by atoms with E-state index in [9.17, 15) is 13.2 Å². The molecule has 0 amide bonds. The lowest BCUT2D eigenvalue weighted by Gasteiger charge is -2.31. The molecule has 0 spiro atoms. The Bertz CT molecular complexity index is 1060. The third-order valence-corrected chi connectivity index (χ3v) is 6.34. The molecule has 1 saturated heterocycles.